The Balaban J connectivity index is 2.52. The van der Waals surface area contributed by atoms with Gasteiger partial charge >= 0.3 is 0 Å². The maximum Gasteiger partial charge on any atom is 0.239 e. The van der Waals surface area contributed by atoms with Gasteiger partial charge in [0.25, 0.3) is 0 Å². The molecule has 2 unspecified atom stereocenters. The summed E-state index contributed by atoms with van der Waals surface area (Å²) in [4.78, 5) is 14.0. The van der Waals surface area contributed by atoms with Gasteiger partial charge in [0.05, 0.1) is 11.6 Å². The first kappa shape index (κ1) is 15.4. The second-order valence-corrected chi connectivity index (χ2v) is 6.52. The molecule has 1 amide bonds. The summed E-state index contributed by atoms with van der Waals surface area (Å²) in [6.45, 7) is 11.3. The molecule has 106 valence electrons. The normalized spacial score (nSPS) is 24.1. The monoisotopic (exact) mass is 256 g/mol. The average molecular weight is 256 g/mol. The summed E-state index contributed by atoms with van der Waals surface area (Å²) in [6, 6.07) is 0.245. The van der Waals surface area contributed by atoms with E-state index in [1.165, 1.54) is 0 Å². The van der Waals surface area contributed by atoms with E-state index in [1.54, 1.807) is 4.90 Å². The minimum atomic E-state index is -0.781. The Labute approximate surface area is 111 Å². The fraction of sp³-hybridized carbons (Fsp3) is 0.929. The minimum absolute atomic E-state index is 0.0696. The predicted molar refractivity (Wildman–Crippen MR) is 73.3 cm³/mol. The van der Waals surface area contributed by atoms with Crippen molar-refractivity contribution in [2.24, 2.45) is 5.92 Å². The van der Waals surface area contributed by atoms with Crippen molar-refractivity contribution in [1.29, 1.82) is 0 Å². The summed E-state index contributed by atoms with van der Waals surface area (Å²) in [6.07, 6.45) is 1.56. The molecule has 1 saturated heterocycles. The molecule has 0 aromatic carbocycles. The highest BCUT2D eigenvalue weighted by Crippen LogP contribution is 2.21. The molecule has 1 aliphatic rings. The van der Waals surface area contributed by atoms with Gasteiger partial charge in [0.15, 0.2) is 0 Å². The molecule has 2 N–H and O–H groups in total. The van der Waals surface area contributed by atoms with Crippen molar-refractivity contribution in [1.82, 2.24) is 10.2 Å². The Hall–Kier alpha value is -0.610. The Bertz CT molecular complexity index is 288. The Morgan fingerprint density at radius 2 is 2.06 bits per heavy atom. The molecule has 2 atom stereocenters. The minimum Gasteiger partial charge on any atom is -0.388 e. The largest absolute Gasteiger partial charge is 0.388 e. The van der Waals surface area contributed by atoms with Gasteiger partial charge in [0, 0.05) is 19.1 Å². The van der Waals surface area contributed by atoms with Crippen LogP contribution in [0.15, 0.2) is 0 Å². The van der Waals surface area contributed by atoms with E-state index in [0.717, 1.165) is 19.4 Å². The molecule has 1 heterocycles. The lowest BCUT2D eigenvalue weighted by atomic mass is 9.94. The highest BCUT2D eigenvalue weighted by molar-refractivity contribution is 5.84. The lowest BCUT2D eigenvalue weighted by Gasteiger charge is -2.30. The number of hydrogen-bond acceptors (Lipinski definition) is 3. The topological polar surface area (TPSA) is 52.6 Å². The number of rotatable bonds is 6. The maximum absolute atomic E-state index is 12.2. The third-order valence-electron chi connectivity index (χ3n) is 3.21. The number of aliphatic hydroxyl groups is 1. The number of hydrogen-bond donors (Lipinski definition) is 2. The number of carbonyl (C=O) groups is 1. The molecule has 1 rings (SSSR count). The van der Waals surface area contributed by atoms with Crippen LogP contribution < -0.4 is 5.32 Å². The van der Waals surface area contributed by atoms with Crippen molar-refractivity contribution in [3.05, 3.63) is 0 Å². The van der Waals surface area contributed by atoms with Gasteiger partial charge in [-0.05, 0) is 25.7 Å². The second kappa shape index (κ2) is 6.02. The number of nitrogens with one attached hydrogen (secondary N) is 1. The van der Waals surface area contributed by atoms with E-state index in [4.69, 9.17) is 0 Å². The molecule has 0 aliphatic carbocycles. The zero-order valence-corrected chi connectivity index (χ0v) is 12.4. The summed E-state index contributed by atoms with van der Waals surface area (Å²) in [5.41, 5.74) is -0.781. The average Bonchev–Trinajstić information content (AvgIpc) is 2.46. The van der Waals surface area contributed by atoms with Crippen molar-refractivity contribution in [2.75, 3.05) is 13.1 Å². The smallest absolute Gasteiger partial charge is 0.239 e. The Morgan fingerprint density at radius 1 is 1.44 bits per heavy atom. The molecular weight excluding hydrogens is 228 g/mol. The van der Waals surface area contributed by atoms with Gasteiger partial charge in [0.2, 0.25) is 5.91 Å². The van der Waals surface area contributed by atoms with Crippen LogP contribution in [0, 0.1) is 5.92 Å². The number of amides is 1. The quantitative estimate of drug-likeness (QED) is 0.755. The molecular formula is C14H28N2O2. The molecule has 4 nitrogen and oxygen atoms in total. The lowest BCUT2D eigenvalue weighted by Crippen LogP contribution is -2.46. The fourth-order valence-electron chi connectivity index (χ4n) is 2.81. The van der Waals surface area contributed by atoms with Crippen LogP contribution in [0.25, 0.3) is 0 Å². The van der Waals surface area contributed by atoms with Crippen LogP contribution in [0.3, 0.4) is 0 Å². The van der Waals surface area contributed by atoms with Gasteiger partial charge in [-0.3, -0.25) is 4.79 Å². The van der Waals surface area contributed by atoms with Crippen LogP contribution in [0.2, 0.25) is 0 Å². The summed E-state index contributed by atoms with van der Waals surface area (Å²) in [5.74, 6) is 0.565. The van der Waals surface area contributed by atoms with Crippen LogP contribution in [0.1, 0.15) is 47.5 Å². The van der Waals surface area contributed by atoms with Crippen molar-refractivity contribution in [3.8, 4) is 0 Å². The molecule has 1 aliphatic heterocycles. The third-order valence-corrected chi connectivity index (χ3v) is 3.21. The molecule has 0 spiro atoms. The van der Waals surface area contributed by atoms with E-state index in [1.807, 2.05) is 20.8 Å². The molecule has 4 heteroatoms. The summed E-state index contributed by atoms with van der Waals surface area (Å²) in [5, 5.41) is 13.6. The maximum atomic E-state index is 12.2. The molecule has 0 saturated carbocycles. The van der Waals surface area contributed by atoms with E-state index in [-0.39, 0.29) is 11.9 Å². The van der Waals surface area contributed by atoms with Gasteiger partial charge in [-0.1, -0.05) is 27.7 Å². The fourth-order valence-corrected chi connectivity index (χ4v) is 2.81. The number of likely N-dealkylation sites (tertiary alicyclic amines) is 1. The van der Waals surface area contributed by atoms with E-state index in [0.29, 0.717) is 18.5 Å². The molecule has 0 aromatic heterocycles. The van der Waals surface area contributed by atoms with Crippen molar-refractivity contribution in [3.63, 3.8) is 0 Å². The predicted octanol–water partition coefficient (Wildman–Crippen LogP) is 1.38. The van der Waals surface area contributed by atoms with E-state index < -0.39 is 5.60 Å². The number of carbonyl (C=O) groups excluding carboxylic acids is 1. The first-order valence-electron chi connectivity index (χ1n) is 6.98. The van der Waals surface area contributed by atoms with Crippen molar-refractivity contribution < 1.29 is 9.90 Å². The zero-order valence-electron chi connectivity index (χ0n) is 12.4. The SMILES string of the molecule is CC(C)CC(C)(O)CN1CCC(NC(C)C)C1=O. The van der Waals surface area contributed by atoms with Gasteiger partial charge in [-0.15, -0.1) is 0 Å². The van der Waals surface area contributed by atoms with Crippen LogP contribution in [0.4, 0.5) is 0 Å². The van der Waals surface area contributed by atoms with Gasteiger partial charge in [-0.25, -0.2) is 0 Å². The standard InChI is InChI=1S/C14H28N2O2/c1-10(2)8-14(5,18)9-16-7-6-12(13(16)17)15-11(3)4/h10-12,15,18H,6-9H2,1-5H3. The van der Waals surface area contributed by atoms with Crippen LogP contribution in [-0.2, 0) is 4.79 Å². The van der Waals surface area contributed by atoms with E-state index in [9.17, 15) is 9.90 Å². The summed E-state index contributed by atoms with van der Waals surface area (Å²) < 4.78 is 0. The summed E-state index contributed by atoms with van der Waals surface area (Å²) in [7, 11) is 0. The molecule has 0 bridgehead atoms. The van der Waals surface area contributed by atoms with Gasteiger partial charge < -0.3 is 15.3 Å². The molecule has 18 heavy (non-hydrogen) atoms. The van der Waals surface area contributed by atoms with Crippen LogP contribution in [-0.4, -0.2) is 46.7 Å². The van der Waals surface area contributed by atoms with Crippen LogP contribution in [0.5, 0.6) is 0 Å². The zero-order chi connectivity index (χ0) is 13.9. The first-order valence-corrected chi connectivity index (χ1v) is 6.98. The highest BCUT2D eigenvalue weighted by Gasteiger charge is 2.35. The third kappa shape index (κ3) is 4.58. The Kier molecular flexibility index (Phi) is 5.17. The second-order valence-electron chi connectivity index (χ2n) is 6.52. The molecule has 0 aromatic rings. The lowest BCUT2D eigenvalue weighted by molar-refractivity contribution is -0.132. The highest BCUT2D eigenvalue weighted by atomic mass is 16.3. The first-order chi connectivity index (χ1) is 8.21. The van der Waals surface area contributed by atoms with Crippen molar-refractivity contribution >= 4 is 5.91 Å². The van der Waals surface area contributed by atoms with Crippen molar-refractivity contribution in [2.45, 2.75) is 65.1 Å². The molecule has 1 fully saturated rings. The van der Waals surface area contributed by atoms with Gasteiger partial charge in [-0.2, -0.15) is 0 Å². The molecule has 0 radical (unpaired) electrons. The van der Waals surface area contributed by atoms with Gasteiger partial charge in [0.1, 0.15) is 0 Å². The summed E-state index contributed by atoms with van der Waals surface area (Å²) >= 11 is 0. The van der Waals surface area contributed by atoms with E-state index in [2.05, 4.69) is 19.2 Å². The number of nitrogens with zero attached hydrogens (tertiary/aromatic N) is 1. The van der Waals surface area contributed by atoms with E-state index >= 15 is 0 Å². The number of β-amino-alcohol motifs (C(OH)–C–C–N with tert-alkyl or cyclic N) is 1. The van der Waals surface area contributed by atoms with Crippen LogP contribution >= 0.6 is 0 Å². The Morgan fingerprint density at radius 3 is 2.56 bits per heavy atom.